The lowest BCUT2D eigenvalue weighted by atomic mass is 10.0. The van der Waals surface area contributed by atoms with E-state index in [0.29, 0.717) is 31.8 Å². The number of para-hydroxylation sites is 1. The molecule has 1 amide bonds. The van der Waals surface area contributed by atoms with E-state index in [1.807, 2.05) is 44.2 Å². The molecule has 0 saturated carbocycles. The van der Waals surface area contributed by atoms with Crippen LogP contribution in [0.5, 0.6) is 0 Å². The van der Waals surface area contributed by atoms with Crippen molar-refractivity contribution in [3.63, 3.8) is 0 Å². The van der Waals surface area contributed by atoms with E-state index in [0.717, 1.165) is 29.6 Å². The van der Waals surface area contributed by atoms with Crippen molar-refractivity contribution in [3.05, 3.63) is 42.1 Å². The molecule has 28 heavy (non-hydrogen) atoms. The number of hydrogen-bond acceptors (Lipinski definition) is 5. The zero-order valence-electron chi connectivity index (χ0n) is 16.7. The third-order valence-electron chi connectivity index (χ3n) is 5.16. The number of nitrogens with two attached hydrogens (primary N) is 1. The van der Waals surface area contributed by atoms with Crippen LogP contribution in [0.1, 0.15) is 38.8 Å². The first-order valence-corrected chi connectivity index (χ1v) is 10.1. The molecule has 1 aromatic carbocycles. The molecule has 0 bridgehead atoms. The van der Waals surface area contributed by atoms with Crippen molar-refractivity contribution in [2.45, 2.75) is 51.7 Å². The number of Topliss-reactive ketones (excluding diaryl/α,β-unsaturated/α-hetero) is 1. The van der Waals surface area contributed by atoms with Gasteiger partial charge in [-0.2, -0.15) is 0 Å². The fourth-order valence-corrected chi connectivity index (χ4v) is 3.70. The molecule has 1 aromatic heterocycles. The molecular formula is C22H30N4O2. The molecule has 2 heterocycles. The van der Waals surface area contributed by atoms with E-state index >= 15 is 0 Å². The maximum absolute atomic E-state index is 12.7. The SMILES string of the molecule is CC(C)C[C@H](N)C(=O)NC1CCCN(Cc2ccc3ccccc3n2)CC1=O. The summed E-state index contributed by atoms with van der Waals surface area (Å²) in [6.45, 7) is 5.82. The molecule has 1 aliphatic heterocycles. The van der Waals surface area contributed by atoms with Crippen LogP contribution in [0, 0.1) is 5.92 Å². The van der Waals surface area contributed by atoms with Crippen molar-refractivity contribution in [1.29, 1.82) is 0 Å². The van der Waals surface area contributed by atoms with Crippen LogP contribution in [0.2, 0.25) is 0 Å². The number of ketones is 1. The van der Waals surface area contributed by atoms with E-state index in [4.69, 9.17) is 10.7 Å². The van der Waals surface area contributed by atoms with Gasteiger partial charge in [0.15, 0.2) is 5.78 Å². The number of benzene rings is 1. The van der Waals surface area contributed by atoms with Gasteiger partial charge < -0.3 is 11.1 Å². The van der Waals surface area contributed by atoms with E-state index in [9.17, 15) is 9.59 Å². The maximum atomic E-state index is 12.7. The molecule has 1 aliphatic rings. The number of carbonyl (C=O) groups is 2. The predicted octanol–water partition coefficient (Wildman–Crippen LogP) is 2.26. The van der Waals surface area contributed by atoms with E-state index in [1.165, 1.54) is 0 Å². The molecular weight excluding hydrogens is 352 g/mol. The summed E-state index contributed by atoms with van der Waals surface area (Å²) in [6, 6.07) is 11.1. The number of carbonyl (C=O) groups excluding carboxylic acids is 2. The Morgan fingerprint density at radius 2 is 2.07 bits per heavy atom. The minimum atomic E-state index is -0.561. The molecule has 6 heteroatoms. The van der Waals surface area contributed by atoms with E-state index in [1.54, 1.807) is 0 Å². The van der Waals surface area contributed by atoms with Crippen LogP contribution in [0.15, 0.2) is 36.4 Å². The number of nitrogens with one attached hydrogen (secondary N) is 1. The van der Waals surface area contributed by atoms with Gasteiger partial charge in [0.25, 0.3) is 0 Å². The number of amides is 1. The molecule has 2 aromatic rings. The summed E-state index contributed by atoms with van der Waals surface area (Å²) in [5, 5.41) is 3.98. The van der Waals surface area contributed by atoms with E-state index < -0.39 is 12.1 Å². The Balaban J connectivity index is 1.59. The van der Waals surface area contributed by atoms with Gasteiger partial charge in [-0.15, -0.1) is 0 Å². The van der Waals surface area contributed by atoms with Crippen LogP contribution in [-0.4, -0.2) is 46.7 Å². The first-order chi connectivity index (χ1) is 13.4. The molecule has 0 spiro atoms. The molecule has 3 rings (SSSR count). The van der Waals surface area contributed by atoms with Gasteiger partial charge in [0, 0.05) is 11.9 Å². The summed E-state index contributed by atoms with van der Waals surface area (Å²) < 4.78 is 0. The molecule has 1 saturated heterocycles. The van der Waals surface area contributed by atoms with Crippen LogP contribution in [0.3, 0.4) is 0 Å². The normalized spacial score (nSPS) is 19.6. The molecule has 0 aliphatic carbocycles. The number of hydrogen-bond donors (Lipinski definition) is 2. The lowest BCUT2D eigenvalue weighted by molar-refractivity contribution is -0.129. The topological polar surface area (TPSA) is 88.3 Å². The number of nitrogens with zero attached hydrogens (tertiary/aromatic N) is 2. The Morgan fingerprint density at radius 1 is 1.29 bits per heavy atom. The lowest BCUT2D eigenvalue weighted by Crippen LogP contribution is -2.49. The Morgan fingerprint density at radius 3 is 2.86 bits per heavy atom. The minimum Gasteiger partial charge on any atom is -0.345 e. The summed E-state index contributed by atoms with van der Waals surface area (Å²) in [5.41, 5.74) is 7.87. The summed E-state index contributed by atoms with van der Waals surface area (Å²) in [6.07, 6.45) is 2.12. The Hall–Kier alpha value is -2.31. The highest BCUT2D eigenvalue weighted by atomic mass is 16.2. The molecule has 1 unspecified atom stereocenters. The van der Waals surface area contributed by atoms with Crippen molar-refractivity contribution < 1.29 is 9.59 Å². The molecule has 1 fully saturated rings. The Bertz CT molecular complexity index is 836. The van der Waals surface area contributed by atoms with Crippen LogP contribution in [-0.2, 0) is 16.1 Å². The average molecular weight is 383 g/mol. The van der Waals surface area contributed by atoms with Crippen molar-refractivity contribution in [2.24, 2.45) is 11.7 Å². The Labute approximate surface area is 166 Å². The van der Waals surface area contributed by atoms with Crippen LogP contribution >= 0.6 is 0 Å². The lowest BCUT2D eigenvalue weighted by Gasteiger charge is -2.21. The third kappa shape index (κ3) is 5.36. The van der Waals surface area contributed by atoms with Gasteiger partial charge in [-0.25, -0.2) is 0 Å². The highest BCUT2D eigenvalue weighted by molar-refractivity contribution is 5.92. The highest BCUT2D eigenvalue weighted by Gasteiger charge is 2.28. The number of rotatable bonds is 6. The summed E-state index contributed by atoms with van der Waals surface area (Å²) in [5.74, 6) is 0.163. The smallest absolute Gasteiger partial charge is 0.237 e. The van der Waals surface area contributed by atoms with Gasteiger partial charge in [-0.3, -0.25) is 19.5 Å². The second-order valence-electron chi connectivity index (χ2n) is 8.11. The van der Waals surface area contributed by atoms with Gasteiger partial charge in [-0.1, -0.05) is 38.1 Å². The highest BCUT2D eigenvalue weighted by Crippen LogP contribution is 2.15. The zero-order valence-corrected chi connectivity index (χ0v) is 16.7. The zero-order chi connectivity index (χ0) is 20.1. The first-order valence-electron chi connectivity index (χ1n) is 10.1. The summed E-state index contributed by atoms with van der Waals surface area (Å²) in [4.78, 5) is 31.8. The number of aromatic nitrogens is 1. The van der Waals surface area contributed by atoms with Gasteiger partial charge in [0.05, 0.1) is 29.8 Å². The van der Waals surface area contributed by atoms with E-state index in [-0.39, 0.29) is 11.7 Å². The fraction of sp³-hybridized carbons (Fsp3) is 0.500. The van der Waals surface area contributed by atoms with Crippen LogP contribution in [0.25, 0.3) is 10.9 Å². The van der Waals surface area contributed by atoms with Gasteiger partial charge in [0.1, 0.15) is 0 Å². The molecule has 0 radical (unpaired) electrons. The van der Waals surface area contributed by atoms with Crippen molar-refractivity contribution in [1.82, 2.24) is 15.2 Å². The van der Waals surface area contributed by atoms with Gasteiger partial charge >= 0.3 is 0 Å². The monoisotopic (exact) mass is 382 g/mol. The minimum absolute atomic E-state index is 0.0448. The summed E-state index contributed by atoms with van der Waals surface area (Å²) in [7, 11) is 0. The van der Waals surface area contributed by atoms with E-state index in [2.05, 4.69) is 16.3 Å². The van der Waals surface area contributed by atoms with Crippen LogP contribution < -0.4 is 11.1 Å². The number of pyridine rings is 1. The standard InChI is InChI=1S/C22H30N4O2/c1-15(2)12-18(23)22(28)25-20-8-5-11-26(14-21(20)27)13-17-10-9-16-6-3-4-7-19(16)24-17/h3-4,6-7,9-10,15,18,20H,5,8,11-14,23H2,1-2H3,(H,25,28)/t18-,20?/m0/s1. The largest absolute Gasteiger partial charge is 0.345 e. The second kappa shape index (κ2) is 9.26. The first kappa shape index (κ1) is 20.4. The second-order valence-corrected chi connectivity index (χ2v) is 8.11. The van der Waals surface area contributed by atoms with Gasteiger partial charge in [-0.05, 0) is 43.9 Å². The van der Waals surface area contributed by atoms with Crippen molar-refractivity contribution in [3.8, 4) is 0 Å². The number of likely N-dealkylation sites (tertiary alicyclic amines) is 1. The fourth-order valence-electron chi connectivity index (χ4n) is 3.70. The average Bonchev–Trinajstić information content (AvgIpc) is 2.82. The molecule has 150 valence electrons. The summed E-state index contributed by atoms with van der Waals surface area (Å²) >= 11 is 0. The van der Waals surface area contributed by atoms with Crippen molar-refractivity contribution >= 4 is 22.6 Å². The third-order valence-corrected chi connectivity index (χ3v) is 5.16. The quantitative estimate of drug-likeness (QED) is 0.800. The van der Waals surface area contributed by atoms with Crippen LogP contribution in [0.4, 0.5) is 0 Å². The maximum Gasteiger partial charge on any atom is 0.237 e. The molecule has 3 N–H and O–H groups in total. The number of fused-ring (bicyclic) bond motifs is 1. The molecule has 2 atom stereocenters. The Kier molecular flexibility index (Phi) is 6.75. The van der Waals surface area contributed by atoms with Crippen molar-refractivity contribution in [2.75, 3.05) is 13.1 Å². The molecule has 6 nitrogen and oxygen atoms in total. The predicted molar refractivity (Wildman–Crippen MR) is 111 cm³/mol. The van der Waals surface area contributed by atoms with Gasteiger partial charge in [0.2, 0.25) is 5.91 Å².